The minimum atomic E-state index is -0.111. The van der Waals surface area contributed by atoms with Gasteiger partial charge in [-0.05, 0) is 160 Å². The molecule has 0 saturated heterocycles. The molecule has 23 rings (SSSR count). The highest BCUT2D eigenvalue weighted by Gasteiger charge is 2.36. The first-order chi connectivity index (χ1) is 63.3. The number of ether oxygens (including phenoxy) is 3. The van der Waals surface area contributed by atoms with Gasteiger partial charge in [0, 0.05) is 117 Å². The number of methoxy groups -OCH3 is 3. The number of benzene rings is 7. The Hall–Kier alpha value is -15.5. The fourth-order valence-electron chi connectivity index (χ4n) is 17.0. The molecule has 3 amide bonds. The van der Waals surface area contributed by atoms with Gasteiger partial charge in [0.05, 0.1) is 133 Å². The highest BCUT2D eigenvalue weighted by Crippen LogP contribution is 2.46. The van der Waals surface area contributed by atoms with E-state index in [9.17, 15) is 14.4 Å². The third-order valence-corrected chi connectivity index (χ3v) is 25.7. The van der Waals surface area contributed by atoms with Crippen molar-refractivity contribution in [3.8, 4) is 79.3 Å². The van der Waals surface area contributed by atoms with Gasteiger partial charge in [0.1, 0.15) is 28.6 Å². The van der Waals surface area contributed by atoms with E-state index < -0.39 is 0 Å². The van der Waals surface area contributed by atoms with E-state index in [2.05, 4.69) is 122 Å². The molecule has 16 heterocycles. The van der Waals surface area contributed by atoms with Crippen LogP contribution in [0.4, 0.5) is 0 Å². The van der Waals surface area contributed by atoms with Crippen LogP contribution in [0.1, 0.15) is 112 Å². The van der Waals surface area contributed by atoms with Crippen molar-refractivity contribution in [1.29, 1.82) is 0 Å². The third-order valence-electron chi connectivity index (χ3n) is 23.9. The summed E-state index contributed by atoms with van der Waals surface area (Å²) >= 11 is 3.43. The van der Waals surface area contributed by atoms with E-state index in [-0.39, 0.29) is 17.7 Å². The van der Waals surface area contributed by atoms with Crippen LogP contribution in [-0.4, -0.2) is 169 Å². The highest BCUT2D eigenvalue weighted by atomic mass is 32.1. The lowest BCUT2D eigenvalue weighted by molar-refractivity contribution is 0.0710. The molecule has 25 nitrogen and oxygen atoms in total. The van der Waals surface area contributed by atoms with Gasteiger partial charge in [-0.25, -0.2) is 28.4 Å². The average molecular weight is 1760 g/mol. The number of furan rings is 1. The van der Waals surface area contributed by atoms with Gasteiger partial charge in [-0.2, -0.15) is 25.5 Å². The van der Waals surface area contributed by atoms with E-state index in [1.165, 1.54) is 26.6 Å². The summed E-state index contributed by atoms with van der Waals surface area (Å²) in [5, 5.41) is 28.9. The van der Waals surface area contributed by atoms with Crippen molar-refractivity contribution in [2.75, 3.05) is 63.1 Å². The van der Waals surface area contributed by atoms with Gasteiger partial charge in [0.15, 0.2) is 23.1 Å². The zero-order valence-electron chi connectivity index (χ0n) is 73.7. The smallest absolute Gasteiger partial charge is 0.290 e. The minimum Gasteiger partial charge on any atom is -0.497 e. The zero-order chi connectivity index (χ0) is 90.0. The van der Waals surface area contributed by atoms with Crippen molar-refractivity contribution in [1.82, 2.24) is 88.3 Å². The number of pyridine rings is 2. The Labute approximate surface area is 761 Å². The summed E-state index contributed by atoms with van der Waals surface area (Å²) in [6.45, 7) is 19.4. The van der Waals surface area contributed by atoms with Crippen LogP contribution in [-0.2, 0) is 45.7 Å². The molecule has 17 aromatic rings. The number of fused-ring (bicyclic) bond motifs is 21. The van der Waals surface area contributed by atoms with E-state index >= 15 is 0 Å². The number of carbonyl (C=O) groups is 3. The van der Waals surface area contributed by atoms with Crippen LogP contribution in [0.25, 0.3) is 101 Å². The van der Waals surface area contributed by atoms with Crippen molar-refractivity contribution in [2.45, 2.75) is 65.5 Å². The molecule has 0 atom stereocenters. The van der Waals surface area contributed by atoms with Gasteiger partial charge >= 0.3 is 0 Å². The van der Waals surface area contributed by atoms with Crippen LogP contribution in [0.15, 0.2) is 284 Å². The maximum Gasteiger partial charge on any atom is 0.290 e. The van der Waals surface area contributed by atoms with E-state index in [4.69, 9.17) is 28.7 Å². The van der Waals surface area contributed by atoms with Gasteiger partial charge in [-0.1, -0.05) is 142 Å². The van der Waals surface area contributed by atoms with E-state index in [1.54, 1.807) is 82.6 Å². The molecule has 6 aliphatic heterocycles. The second-order valence-electron chi connectivity index (χ2n) is 32.3. The van der Waals surface area contributed by atoms with Crippen molar-refractivity contribution < 1.29 is 33.0 Å². The van der Waals surface area contributed by atoms with E-state index in [0.29, 0.717) is 60.4 Å². The lowest BCUT2D eigenvalue weighted by Crippen LogP contribution is -2.30. The Kier molecular flexibility index (Phi) is 24.2. The molecule has 0 bridgehead atoms. The topological polar surface area (TPSA) is 226 Å². The summed E-state index contributed by atoms with van der Waals surface area (Å²) < 4.78 is 31.9. The lowest BCUT2D eigenvalue weighted by Gasteiger charge is -2.20. The van der Waals surface area contributed by atoms with Crippen LogP contribution in [0, 0.1) is 0 Å². The molecule has 0 spiro atoms. The van der Waals surface area contributed by atoms with Crippen molar-refractivity contribution in [2.24, 2.45) is 0 Å². The molecule has 27 heteroatoms. The fourth-order valence-corrected chi connectivity index (χ4v) is 18.8. The normalized spacial score (nSPS) is 13.7. The molecule has 0 N–H and O–H groups in total. The van der Waals surface area contributed by atoms with Gasteiger partial charge in [0.25, 0.3) is 17.7 Å². The van der Waals surface area contributed by atoms with Gasteiger partial charge in [-0.3, -0.25) is 19.4 Å². The number of hydrogen-bond acceptors (Lipinski definition) is 19. The summed E-state index contributed by atoms with van der Waals surface area (Å²) in [5.74, 6) is 4.10. The van der Waals surface area contributed by atoms with Crippen LogP contribution in [0.2, 0.25) is 0 Å². The SMILES string of the molecule is C=C1c2ccnn2-c2cccnc2CN1C.C=C1c2ccnn2-c2ccsc2CN1C.C=C1c2ccnn2-c2nc3ccccc3cc2CN1C.CCCCN1Cc2ccccc2-c2cc(Cc3ccccc3)oc2C1=O.CN1Cc2sccc2-n2nc3ccccc3c2C1=O.COc1ccc(-c2nn(-c3ccccc3)c3c2-c2cc(OC)c(OC)cc2CN(C)C3=O)cc1. The Morgan fingerprint density at radius 1 is 0.454 bits per heavy atom. The minimum absolute atomic E-state index is 0.00367. The summed E-state index contributed by atoms with van der Waals surface area (Å²) in [4.78, 5) is 62.8. The summed E-state index contributed by atoms with van der Waals surface area (Å²) in [5.41, 5.74) is 23.9. The fraction of sp³-hybridized carbons (Fsp3) is 0.184. The first-order valence-corrected chi connectivity index (χ1v) is 44.5. The predicted molar refractivity (Wildman–Crippen MR) is 511 cm³/mol. The van der Waals surface area contributed by atoms with Crippen LogP contribution >= 0.6 is 22.7 Å². The monoisotopic (exact) mass is 1760 g/mol. The van der Waals surface area contributed by atoms with Gasteiger partial charge in [0.2, 0.25) is 0 Å². The number of nitrogens with zero attached hydrogens (tertiary/aromatic N) is 18. The average Bonchev–Trinajstić information content (AvgIpc) is 1.58. The standard InChI is InChI=1S/C27H25N3O4.C23H23NO2.C16H14N4.C14H11N3OS.C12H12N4.C11H11N3S/c1-29-16-18-14-22(33-3)23(34-4)15-21(18)24-25(17-10-12-20(32-2)13-11-17)28-30(26(24)27(29)31)19-8-6-5-7-9-19;1-2-3-13-24-16-18-11-7-8-12-20(18)21-15-19(26-22(21)23(24)25)14-17-9-5-4-6-10-17;1-11-15-7-8-17-20(15)16-13(10-19(11)2)9-12-5-3-4-6-14(12)18-16;1-16-8-12-11(6-7-19-12)17-13(14(16)18)9-4-2-3-5-10(9)15-17;1-9-11-5-7-14-16(11)12-4-3-6-13-10(12)8-15(9)2;1-8-9-3-5-12-14(9)10-4-6-15-11(10)7-13(8)2/h5-15H,16H2,1-4H3;4-12,15H,2-3,13-14,16H2,1H3;3-9H,1,10H2,2H3;2-7H,8H2,1H3;3-7H,1,8H2,2H3;3-6H,1,7H2,2H3. The maximum absolute atomic E-state index is 13.7. The molecule has 0 unspecified atom stereocenters. The summed E-state index contributed by atoms with van der Waals surface area (Å²) in [6.07, 6.45) is 9.97. The lowest BCUT2D eigenvalue weighted by atomic mass is 9.95. The Morgan fingerprint density at radius 3 is 1.74 bits per heavy atom. The molecule has 0 saturated carbocycles. The molecule has 0 radical (unpaired) electrons. The predicted octanol–water partition coefficient (Wildman–Crippen LogP) is 19.7. The van der Waals surface area contributed by atoms with E-state index in [0.717, 1.165) is 174 Å². The number of amides is 3. The largest absolute Gasteiger partial charge is 0.497 e. The molecule has 7 aromatic carbocycles. The second kappa shape index (κ2) is 36.8. The molecule has 6 aliphatic rings. The quantitative estimate of drug-likeness (QED) is 0.124. The number of thiophene rings is 2. The van der Waals surface area contributed by atoms with Crippen molar-refractivity contribution >= 4 is 79.3 Å². The molecular formula is C103H96N18O7S2. The number of para-hydroxylation sites is 2. The van der Waals surface area contributed by atoms with Gasteiger partial charge in [-0.15, -0.1) is 22.7 Å². The second-order valence-corrected chi connectivity index (χ2v) is 34.3. The number of rotatable bonds is 10. The van der Waals surface area contributed by atoms with Gasteiger partial charge < -0.3 is 48.0 Å². The Balaban J connectivity index is 0.000000107. The molecule has 10 aromatic heterocycles. The number of aromatic nitrogens is 12. The molecule has 130 heavy (non-hydrogen) atoms. The number of unbranched alkanes of at least 4 members (excludes halogenated alkanes) is 1. The number of hydrogen-bond donors (Lipinski definition) is 0. The van der Waals surface area contributed by atoms with Crippen LogP contribution in [0.3, 0.4) is 0 Å². The molecular weight excluding hydrogens is 1670 g/mol. The Bertz CT molecular complexity index is 7130. The first kappa shape index (κ1) is 85.3. The third kappa shape index (κ3) is 16.6. The highest BCUT2D eigenvalue weighted by molar-refractivity contribution is 7.10. The summed E-state index contributed by atoms with van der Waals surface area (Å²) in [6, 6.07) is 74.0. The van der Waals surface area contributed by atoms with Crippen molar-refractivity contribution in [3.63, 3.8) is 0 Å². The number of carbonyl (C=O) groups excluding carboxylic acids is 3. The van der Waals surface area contributed by atoms with Crippen molar-refractivity contribution in [3.05, 3.63) is 357 Å². The summed E-state index contributed by atoms with van der Waals surface area (Å²) in [7, 11) is 14.6. The van der Waals surface area contributed by atoms with Crippen LogP contribution in [0.5, 0.6) is 17.2 Å². The molecule has 0 fully saturated rings. The van der Waals surface area contributed by atoms with Crippen LogP contribution < -0.4 is 14.2 Å². The maximum atomic E-state index is 13.7. The molecule has 652 valence electrons. The zero-order valence-corrected chi connectivity index (χ0v) is 75.4. The Morgan fingerprint density at radius 2 is 1.04 bits per heavy atom. The van der Waals surface area contributed by atoms with E-state index in [1.807, 2.05) is 240 Å². The molecule has 0 aliphatic carbocycles. The first-order valence-electron chi connectivity index (χ1n) is 42.8.